The zero-order valence-electron chi connectivity index (χ0n) is 20.5. The van der Waals surface area contributed by atoms with E-state index < -0.39 is 0 Å². The summed E-state index contributed by atoms with van der Waals surface area (Å²) in [6.07, 6.45) is 0. The highest BCUT2D eigenvalue weighted by molar-refractivity contribution is 5.58. The fourth-order valence-electron chi connectivity index (χ4n) is 4.47. The molecule has 0 aliphatic carbocycles. The van der Waals surface area contributed by atoms with E-state index in [0.29, 0.717) is 12.4 Å². The van der Waals surface area contributed by atoms with E-state index in [4.69, 9.17) is 4.74 Å². The lowest BCUT2D eigenvalue weighted by Crippen LogP contribution is -3.13. The maximum absolute atomic E-state index is 11.0. The fourth-order valence-corrected chi connectivity index (χ4v) is 4.47. The van der Waals surface area contributed by atoms with Gasteiger partial charge in [-0.25, -0.2) is 0 Å². The second-order valence-electron chi connectivity index (χ2n) is 10.9. The molecular formula is C27H41N2O2+. The van der Waals surface area contributed by atoms with E-state index in [2.05, 4.69) is 76.8 Å². The number of rotatable bonds is 5. The van der Waals surface area contributed by atoms with Gasteiger partial charge in [0.05, 0.1) is 38.5 Å². The number of nitrogens with one attached hydrogen (secondary N) is 1. The summed E-state index contributed by atoms with van der Waals surface area (Å²) >= 11 is 0. The molecule has 2 aromatic rings. The van der Waals surface area contributed by atoms with Crippen LogP contribution in [-0.2, 0) is 17.4 Å². The van der Waals surface area contributed by atoms with Crippen molar-refractivity contribution < 1.29 is 14.7 Å². The lowest BCUT2D eigenvalue weighted by Gasteiger charge is -2.35. The molecule has 4 nitrogen and oxygen atoms in total. The number of hydrogen-bond acceptors (Lipinski definition) is 3. The van der Waals surface area contributed by atoms with Crippen molar-refractivity contribution in [3.8, 4) is 11.5 Å². The van der Waals surface area contributed by atoms with Crippen LogP contribution in [0.3, 0.4) is 0 Å². The lowest BCUT2D eigenvalue weighted by atomic mass is 9.78. The van der Waals surface area contributed by atoms with Crippen molar-refractivity contribution in [3.05, 3.63) is 53.1 Å². The predicted octanol–water partition coefficient (Wildman–Crippen LogP) is 4.29. The van der Waals surface area contributed by atoms with E-state index in [0.717, 1.165) is 49.6 Å². The summed E-state index contributed by atoms with van der Waals surface area (Å²) < 4.78 is 5.84. The van der Waals surface area contributed by atoms with Crippen LogP contribution in [-0.4, -0.2) is 37.9 Å². The number of para-hydroxylation sites is 2. The largest absolute Gasteiger partial charge is 0.507 e. The summed E-state index contributed by atoms with van der Waals surface area (Å²) in [6, 6.07) is 12.8. The van der Waals surface area contributed by atoms with Gasteiger partial charge in [-0.1, -0.05) is 53.7 Å². The molecule has 0 bridgehead atoms. The van der Waals surface area contributed by atoms with E-state index in [-0.39, 0.29) is 10.8 Å². The molecular weight excluding hydrogens is 384 g/mol. The molecule has 1 fully saturated rings. The molecule has 1 saturated heterocycles. The van der Waals surface area contributed by atoms with Crippen LogP contribution in [0.25, 0.3) is 0 Å². The Bertz CT molecular complexity index is 850. The molecule has 0 unspecified atom stereocenters. The average molecular weight is 426 g/mol. The minimum absolute atomic E-state index is 0.0862. The number of ether oxygens (including phenoxy) is 1. The molecule has 0 radical (unpaired) electrons. The quantitative estimate of drug-likeness (QED) is 0.750. The Hall–Kier alpha value is -2.20. The van der Waals surface area contributed by atoms with Crippen molar-refractivity contribution in [1.29, 1.82) is 0 Å². The zero-order chi connectivity index (χ0) is 22.8. The Morgan fingerprint density at radius 3 is 2.00 bits per heavy atom. The Labute approximate surface area is 188 Å². The van der Waals surface area contributed by atoms with Gasteiger partial charge in [-0.15, -0.1) is 0 Å². The van der Waals surface area contributed by atoms with Gasteiger partial charge in [-0.3, -0.25) is 0 Å². The van der Waals surface area contributed by atoms with Crippen LogP contribution in [0.1, 0.15) is 65.2 Å². The molecule has 2 aromatic carbocycles. The van der Waals surface area contributed by atoms with Gasteiger partial charge in [-0.05, 0) is 42.0 Å². The lowest BCUT2D eigenvalue weighted by molar-refractivity contribution is -0.914. The highest BCUT2D eigenvalue weighted by atomic mass is 16.5. The highest BCUT2D eigenvalue weighted by Gasteiger charge is 2.28. The monoisotopic (exact) mass is 425 g/mol. The Morgan fingerprint density at radius 2 is 1.48 bits per heavy atom. The SMILES string of the molecule is CCOc1ccccc1N1CC[NH+](Cc2cc(C(C)(C)C)c(O)c(C(C)(C)C)c2)CC1. The van der Waals surface area contributed by atoms with Crippen LogP contribution >= 0.6 is 0 Å². The van der Waals surface area contributed by atoms with Crippen LogP contribution in [0, 0.1) is 0 Å². The summed E-state index contributed by atoms with van der Waals surface area (Å²) in [4.78, 5) is 4.04. The molecule has 1 aliphatic rings. The van der Waals surface area contributed by atoms with Gasteiger partial charge >= 0.3 is 0 Å². The smallest absolute Gasteiger partial charge is 0.142 e. The molecule has 0 spiro atoms. The van der Waals surface area contributed by atoms with E-state index >= 15 is 0 Å². The molecule has 2 N–H and O–H groups in total. The topological polar surface area (TPSA) is 37.1 Å². The zero-order valence-corrected chi connectivity index (χ0v) is 20.5. The molecule has 170 valence electrons. The molecule has 1 heterocycles. The van der Waals surface area contributed by atoms with Crippen molar-refractivity contribution in [3.63, 3.8) is 0 Å². The Morgan fingerprint density at radius 1 is 0.935 bits per heavy atom. The third-order valence-electron chi connectivity index (χ3n) is 6.22. The summed E-state index contributed by atoms with van der Waals surface area (Å²) in [5.41, 5.74) is 4.47. The van der Waals surface area contributed by atoms with Gasteiger partial charge in [0.15, 0.2) is 0 Å². The van der Waals surface area contributed by atoms with Gasteiger partial charge < -0.3 is 19.6 Å². The number of hydrogen-bond donors (Lipinski definition) is 2. The number of quaternary nitrogens is 1. The first-order chi connectivity index (χ1) is 14.5. The molecule has 0 atom stereocenters. The van der Waals surface area contributed by atoms with Gasteiger partial charge in [-0.2, -0.15) is 0 Å². The second kappa shape index (κ2) is 9.12. The minimum Gasteiger partial charge on any atom is -0.507 e. The normalized spacial score (nSPS) is 15.9. The van der Waals surface area contributed by atoms with E-state index in [9.17, 15) is 5.11 Å². The van der Waals surface area contributed by atoms with E-state index in [1.807, 2.05) is 13.0 Å². The van der Waals surface area contributed by atoms with Crippen molar-refractivity contribution in [2.75, 3.05) is 37.7 Å². The fraction of sp³-hybridized carbons (Fsp3) is 0.556. The molecule has 0 aromatic heterocycles. The first-order valence-corrected chi connectivity index (χ1v) is 11.7. The first kappa shape index (κ1) is 23.5. The molecule has 3 rings (SSSR count). The summed E-state index contributed by atoms with van der Waals surface area (Å²) in [6.45, 7) is 21.0. The third-order valence-corrected chi connectivity index (χ3v) is 6.22. The maximum atomic E-state index is 11.0. The minimum atomic E-state index is -0.0862. The average Bonchev–Trinajstić information content (AvgIpc) is 2.69. The number of phenolic OH excluding ortho intramolecular Hbond substituents is 1. The molecule has 0 saturated carbocycles. The van der Waals surface area contributed by atoms with Crippen LogP contribution in [0.5, 0.6) is 11.5 Å². The number of benzene rings is 2. The third kappa shape index (κ3) is 5.54. The van der Waals surface area contributed by atoms with Gasteiger partial charge in [0.1, 0.15) is 18.0 Å². The highest BCUT2D eigenvalue weighted by Crippen LogP contribution is 2.39. The summed E-state index contributed by atoms with van der Waals surface area (Å²) in [5, 5.41) is 11.0. The second-order valence-corrected chi connectivity index (χ2v) is 10.9. The molecule has 0 amide bonds. The maximum Gasteiger partial charge on any atom is 0.142 e. The molecule has 31 heavy (non-hydrogen) atoms. The van der Waals surface area contributed by atoms with Gasteiger partial charge in [0.2, 0.25) is 0 Å². The number of aromatic hydroxyl groups is 1. The van der Waals surface area contributed by atoms with Gasteiger partial charge in [0.25, 0.3) is 0 Å². The summed E-state index contributed by atoms with van der Waals surface area (Å²) in [7, 11) is 0. The van der Waals surface area contributed by atoms with Crippen molar-refractivity contribution in [2.45, 2.75) is 65.8 Å². The van der Waals surface area contributed by atoms with Crippen molar-refractivity contribution in [2.24, 2.45) is 0 Å². The van der Waals surface area contributed by atoms with Crippen LogP contribution in [0.2, 0.25) is 0 Å². The Kier molecular flexibility index (Phi) is 6.90. The predicted molar refractivity (Wildman–Crippen MR) is 130 cm³/mol. The standard InChI is InChI=1S/C27H40N2O2/c1-8-31-24-12-10-9-11-23(24)29-15-13-28(14-16-29)19-20-17-21(26(2,3)4)25(30)22(18-20)27(5,6)7/h9-12,17-18,30H,8,13-16,19H2,1-7H3/p+1. The molecule has 1 aliphatic heterocycles. The van der Waals surface area contributed by atoms with E-state index in [1.54, 1.807) is 4.90 Å². The van der Waals surface area contributed by atoms with Crippen LogP contribution in [0.4, 0.5) is 5.69 Å². The van der Waals surface area contributed by atoms with Crippen molar-refractivity contribution in [1.82, 2.24) is 0 Å². The van der Waals surface area contributed by atoms with E-state index in [1.165, 1.54) is 11.3 Å². The number of piperazine rings is 1. The van der Waals surface area contributed by atoms with Gasteiger partial charge in [0, 0.05) is 16.7 Å². The summed E-state index contributed by atoms with van der Waals surface area (Å²) in [5.74, 6) is 1.45. The van der Waals surface area contributed by atoms with Crippen LogP contribution < -0.4 is 14.5 Å². The van der Waals surface area contributed by atoms with Crippen LogP contribution in [0.15, 0.2) is 36.4 Å². The number of anilines is 1. The molecule has 4 heteroatoms. The number of nitrogens with zero attached hydrogens (tertiary/aromatic N) is 1. The van der Waals surface area contributed by atoms with Crippen molar-refractivity contribution >= 4 is 5.69 Å². The first-order valence-electron chi connectivity index (χ1n) is 11.7. The number of phenols is 1. The Balaban J connectivity index is 1.76.